The maximum absolute atomic E-state index is 12.0. The summed E-state index contributed by atoms with van der Waals surface area (Å²) in [5.74, 6) is -0.433. The van der Waals surface area contributed by atoms with Crippen molar-refractivity contribution in [2.24, 2.45) is 0 Å². The molecule has 1 saturated carbocycles. The molecule has 0 spiro atoms. The standard InChI is InChI=1S/C17H24N2O2/c1-4-7-17(8-9-17)19-16(21)11-15(20)18-14-10-12(2)5-6-13(14)3/h5-6,10H,4,7-9,11H2,1-3H3,(H,18,20)(H,19,21). The predicted octanol–water partition coefficient (Wildman–Crippen LogP) is 3.08. The molecule has 1 aromatic rings. The first-order valence-electron chi connectivity index (χ1n) is 7.62. The Balaban J connectivity index is 1.87. The SMILES string of the molecule is CCCC1(NC(=O)CC(=O)Nc2cc(C)ccc2C)CC1. The van der Waals surface area contributed by atoms with Gasteiger partial charge in [0.15, 0.2) is 0 Å². The smallest absolute Gasteiger partial charge is 0.233 e. The van der Waals surface area contributed by atoms with Crippen LogP contribution in [0, 0.1) is 13.8 Å². The number of carbonyl (C=O) groups is 2. The Labute approximate surface area is 126 Å². The van der Waals surface area contributed by atoms with E-state index in [-0.39, 0.29) is 23.8 Å². The van der Waals surface area contributed by atoms with Crippen LogP contribution in [-0.2, 0) is 9.59 Å². The Bertz CT molecular complexity index is 548. The molecule has 114 valence electrons. The van der Waals surface area contributed by atoms with Gasteiger partial charge in [-0.2, -0.15) is 0 Å². The van der Waals surface area contributed by atoms with Crippen LogP contribution in [0.4, 0.5) is 5.69 Å². The second-order valence-corrected chi connectivity index (χ2v) is 6.12. The molecule has 2 rings (SSSR count). The van der Waals surface area contributed by atoms with Crippen LogP contribution in [0.3, 0.4) is 0 Å². The summed E-state index contributed by atoms with van der Waals surface area (Å²) in [5.41, 5.74) is 2.84. The van der Waals surface area contributed by atoms with E-state index >= 15 is 0 Å². The van der Waals surface area contributed by atoms with Gasteiger partial charge in [-0.05, 0) is 50.3 Å². The molecule has 1 aliphatic carbocycles. The fourth-order valence-electron chi connectivity index (χ4n) is 2.62. The molecule has 4 heteroatoms. The van der Waals surface area contributed by atoms with Gasteiger partial charge in [0.25, 0.3) is 0 Å². The van der Waals surface area contributed by atoms with E-state index in [9.17, 15) is 9.59 Å². The van der Waals surface area contributed by atoms with Crippen LogP contribution in [0.2, 0.25) is 0 Å². The second-order valence-electron chi connectivity index (χ2n) is 6.12. The monoisotopic (exact) mass is 288 g/mol. The zero-order chi connectivity index (χ0) is 15.5. The molecule has 1 aromatic carbocycles. The Kier molecular flexibility index (Phi) is 4.66. The average molecular weight is 288 g/mol. The lowest BCUT2D eigenvalue weighted by atomic mass is 10.1. The molecular formula is C17H24N2O2. The quantitative estimate of drug-likeness (QED) is 0.790. The van der Waals surface area contributed by atoms with Crippen molar-refractivity contribution in [1.29, 1.82) is 0 Å². The van der Waals surface area contributed by atoms with Gasteiger partial charge in [0.05, 0.1) is 0 Å². The molecule has 0 aliphatic heterocycles. The molecule has 0 heterocycles. The average Bonchev–Trinajstić information content (AvgIpc) is 3.13. The van der Waals surface area contributed by atoms with Crippen molar-refractivity contribution < 1.29 is 9.59 Å². The highest BCUT2D eigenvalue weighted by atomic mass is 16.2. The minimum absolute atomic E-state index is 0.0225. The molecule has 4 nitrogen and oxygen atoms in total. The van der Waals surface area contributed by atoms with Crippen molar-refractivity contribution in [3.63, 3.8) is 0 Å². The maximum atomic E-state index is 12.0. The van der Waals surface area contributed by atoms with Gasteiger partial charge >= 0.3 is 0 Å². The van der Waals surface area contributed by atoms with E-state index in [0.717, 1.165) is 42.5 Å². The fraction of sp³-hybridized carbons (Fsp3) is 0.529. The predicted molar refractivity (Wildman–Crippen MR) is 84.2 cm³/mol. The number of rotatable bonds is 6. The van der Waals surface area contributed by atoms with Crippen molar-refractivity contribution in [1.82, 2.24) is 5.32 Å². The molecule has 0 aromatic heterocycles. The van der Waals surface area contributed by atoms with Crippen molar-refractivity contribution in [2.75, 3.05) is 5.32 Å². The summed E-state index contributed by atoms with van der Waals surface area (Å²) in [6, 6.07) is 5.88. The Hall–Kier alpha value is -1.84. The summed E-state index contributed by atoms with van der Waals surface area (Å²) in [7, 11) is 0. The minimum Gasteiger partial charge on any atom is -0.350 e. The molecule has 2 N–H and O–H groups in total. The third-order valence-corrected chi connectivity index (χ3v) is 3.97. The van der Waals surface area contributed by atoms with Crippen LogP contribution in [0.5, 0.6) is 0 Å². The number of anilines is 1. The summed E-state index contributed by atoms with van der Waals surface area (Å²) in [4.78, 5) is 23.9. The normalized spacial score (nSPS) is 15.4. The van der Waals surface area contributed by atoms with Gasteiger partial charge in [-0.15, -0.1) is 0 Å². The lowest BCUT2D eigenvalue weighted by molar-refractivity contribution is -0.127. The number of nitrogens with one attached hydrogen (secondary N) is 2. The van der Waals surface area contributed by atoms with Gasteiger partial charge in [0, 0.05) is 11.2 Å². The first-order valence-corrected chi connectivity index (χ1v) is 7.62. The molecule has 21 heavy (non-hydrogen) atoms. The van der Waals surface area contributed by atoms with Crippen LogP contribution >= 0.6 is 0 Å². The Morgan fingerprint density at radius 3 is 2.52 bits per heavy atom. The molecule has 0 atom stereocenters. The van der Waals surface area contributed by atoms with Crippen LogP contribution in [-0.4, -0.2) is 17.4 Å². The van der Waals surface area contributed by atoms with Crippen molar-refractivity contribution in [3.8, 4) is 0 Å². The molecular weight excluding hydrogens is 264 g/mol. The van der Waals surface area contributed by atoms with Gasteiger partial charge in [0.2, 0.25) is 11.8 Å². The highest BCUT2D eigenvalue weighted by Crippen LogP contribution is 2.39. The zero-order valence-corrected chi connectivity index (χ0v) is 13.1. The van der Waals surface area contributed by atoms with E-state index in [2.05, 4.69) is 17.6 Å². The van der Waals surface area contributed by atoms with Gasteiger partial charge in [-0.3, -0.25) is 9.59 Å². The first kappa shape index (κ1) is 15.5. The second kappa shape index (κ2) is 6.29. The molecule has 2 amide bonds. The van der Waals surface area contributed by atoms with Crippen LogP contribution in [0.15, 0.2) is 18.2 Å². The van der Waals surface area contributed by atoms with E-state index in [1.165, 1.54) is 0 Å². The van der Waals surface area contributed by atoms with Crippen molar-refractivity contribution in [3.05, 3.63) is 29.3 Å². The summed E-state index contributed by atoms with van der Waals surface area (Å²) >= 11 is 0. The minimum atomic E-state index is -0.256. The number of benzene rings is 1. The van der Waals surface area contributed by atoms with Gasteiger partial charge in [-0.1, -0.05) is 25.5 Å². The van der Waals surface area contributed by atoms with E-state index in [0.29, 0.717) is 0 Å². The number of hydrogen-bond acceptors (Lipinski definition) is 2. The third kappa shape index (κ3) is 4.31. The lowest BCUT2D eigenvalue weighted by Gasteiger charge is -2.16. The van der Waals surface area contributed by atoms with E-state index < -0.39 is 0 Å². The molecule has 0 radical (unpaired) electrons. The summed E-state index contributed by atoms with van der Waals surface area (Å²) in [6.45, 7) is 6.03. The lowest BCUT2D eigenvalue weighted by Crippen LogP contribution is -2.38. The van der Waals surface area contributed by atoms with E-state index in [4.69, 9.17) is 0 Å². The van der Waals surface area contributed by atoms with Gasteiger partial charge < -0.3 is 10.6 Å². The number of amides is 2. The maximum Gasteiger partial charge on any atom is 0.233 e. The molecule has 1 fully saturated rings. The van der Waals surface area contributed by atoms with E-state index in [1.54, 1.807) is 0 Å². The largest absolute Gasteiger partial charge is 0.350 e. The Morgan fingerprint density at radius 1 is 1.19 bits per heavy atom. The zero-order valence-electron chi connectivity index (χ0n) is 13.1. The fourth-order valence-corrected chi connectivity index (χ4v) is 2.62. The summed E-state index contributed by atoms with van der Waals surface area (Å²) < 4.78 is 0. The number of carbonyl (C=O) groups excluding carboxylic acids is 2. The first-order chi connectivity index (χ1) is 9.94. The highest BCUT2D eigenvalue weighted by molar-refractivity contribution is 6.04. The van der Waals surface area contributed by atoms with Crippen molar-refractivity contribution in [2.45, 2.75) is 58.4 Å². The van der Waals surface area contributed by atoms with Gasteiger partial charge in [-0.25, -0.2) is 0 Å². The van der Waals surface area contributed by atoms with E-state index in [1.807, 2.05) is 32.0 Å². The van der Waals surface area contributed by atoms with Crippen LogP contribution in [0.25, 0.3) is 0 Å². The topological polar surface area (TPSA) is 58.2 Å². The highest BCUT2D eigenvalue weighted by Gasteiger charge is 2.42. The van der Waals surface area contributed by atoms with Gasteiger partial charge in [0.1, 0.15) is 6.42 Å². The summed E-state index contributed by atoms with van der Waals surface area (Å²) in [6.07, 6.45) is 4.00. The number of aryl methyl sites for hydroxylation is 2. The molecule has 0 saturated heterocycles. The third-order valence-electron chi connectivity index (χ3n) is 3.97. The number of hydrogen-bond donors (Lipinski definition) is 2. The Morgan fingerprint density at radius 2 is 1.90 bits per heavy atom. The molecule has 1 aliphatic rings. The van der Waals surface area contributed by atoms with Crippen LogP contribution < -0.4 is 10.6 Å². The molecule has 0 unspecified atom stereocenters. The molecule has 0 bridgehead atoms. The summed E-state index contributed by atoms with van der Waals surface area (Å²) in [5, 5.41) is 5.83. The van der Waals surface area contributed by atoms with Crippen LogP contribution in [0.1, 0.15) is 50.2 Å². The van der Waals surface area contributed by atoms with Crippen molar-refractivity contribution >= 4 is 17.5 Å².